The number of nitrogens with zero attached hydrogens (tertiary/aromatic N) is 2. The van der Waals surface area contributed by atoms with Crippen molar-refractivity contribution in [3.63, 3.8) is 0 Å². The molecule has 1 aliphatic heterocycles. The lowest BCUT2D eigenvalue weighted by Crippen LogP contribution is -2.39. The van der Waals surface area contributed by atoms with Crippen LogP contribution in [0.25, 0.3) is 0 Å². The number of methoxy groups -OCH3 is 2. The number of hydrogen-bond donors (Lipinski definition) is 0. The molecule has 0 bridgehead atoms. The highest BCUT2D eigenvalue weighted by Crippen LogP contribution is 2.53. The minimum absolute atomic E-state index is 0.214. The van der Waals surface area contributed by atoms with Gasteiger partial charge < -0.3 is 19.3 Å². The summed E-state index contributed by atoms with van der Waals surface area (Å²) < 4.78 is 11.9. The number of ether oxygens (including phenoxy) is 2. The van der Waals surface area contributed by atoms with E-state index in [1.165, 1.54) is 25.7 Å². The summed E-state index contributed by atoms with van der Waals surface area (Å²) in [6.07, 6.45) is 15.2. The Morgan fingerprint density at radius 1 is 0.935 bits per heavy atom. The van der Waals surface area contributed by atoms with Crippen molar-refractivity contribution in [2.75, 3.05) is 47.9 Å². The third-order valence-electron chi connectivity index (χ3n) is 7.03. The zero-order valence-electron chi connectivity index (χ0n) is 21.0. The fraction of sp³-hybridized carbons (Fsp3) is 0.808. The quantitative estimate of drug-likeness (QED) is 0.344. The number of hydrogen-bond acceptors (Lipinski definition) is 4. The molecule has 1 aliphatic carbocycles. The molecule has 0 radical (unpaired) electrons. The Balaban J connectivity index is 2.05. The van der Waals surface area contributed by atoms with E-state index in [-0.39, 0.29) is 11.3 Å². The van der Waals surface area contributed by atoms with Crippen LogP contribution in [0.4, 0.5) is 0 Å². The van der Waals surface area contributed by atoms with Gasteiger partial charge in [0.1, 0.15) is 11.5 Å². The monoisotopic (exact) mass is 434 g/mol. The van der Waals surface area contributed by atoms with E-state index >= 15 is 0 Å². The highest BCUT2D eigenvalue weighted by atomic mass is 16.5. The van der Waals surface area contributed by atoms with E-state index in [9.17, 15) is 4.79 Å². The second kappa shape index (κ2) is 11.9. The number of likely N-dealkylation sites (tertiary alicyclic amines) is 1. The van der Waals surface area contributed by atoms with Crippen molar-refractivity contribution < 1.29 is 14.3 Å². The number of amides is 1. The number of carbonyl (C=O) groups excluding carboxylic acids is 1. The van der Waals surface area contributed by atoms with Gasteiger partial charge in [0.05, 0.1) is 25.0 Å². The summed E-state index contributed by atoms with van der Waals surface area (Å²) >= 11 is 0. The Morgan fingerprint density at radius 2 is 1.48 bits per heavy atom. The van der Waals surface area contributed by atoms with Crippen LogP contribution in [0.3, 0.4) is 0 Å². The molecule has 0 N–H and O–H groups in total. The molecule has 1 saturated heterocycles. The molecule has 1 amide bonds. The summed E-state index contributed by atoms with van der Waals surface area (Å²) in [6.45, 7) is 7.23. The first-order valence-corrected chi connectivity index (χ1v) is 12.4. The molecule has 2 aliphatic rings. The molecule has 0 aromatic carbocycles. The van der Waals surface area contributed by atoms with Crippen molar-refractivity contribution in [3.05, 3.63) is 23.7 Å². The summed E-state index contributed by atoms with van der Waals surface area (Å²) in [5.74, 6) is 2.06. The second-order valence-corrected chi connectivity index (χ2v) is 9.66. The average Bonchev–Trinajstić information content (AvgIpc) is 3.04. The van der Waals surface area contributed by atoms with Gasteiger partial charge in [0.25, 0.3) is 0 Å². The van der Waals surface area contributed by atoms with E-state index < -0.39 is 5.41 Å². The van der Waals surface area contributed by atoms with Gasteiger partial charge in [0, 0.05) is 13.1 Å². The maximum absolute atomic E-state index is 13.5. The zero-order valence-corrected chi connectivity index (χ0v) is 21.0. The second-order valence-electron chi connectivity index (χ2n) is 9.66. The molecule has 0 atom stereocenters. The van der Waals surface area contributed by atoms with Crippen molar-refractivity contribution >= 4 is 5.91 Å². The van der Waals surface area contributed by atoms with Gasteiger partial charge in [-0.1, -0.05) is 46.0 Å². The average molecular weight is 435 g/mol. The third kappa shape index (κ3) is 5.85. The van der Waals surface area contributed by atoms with Crippen LogP contribution < -0.4 is 0 Å². The first-order valence-electron chi connectivity index (χ1n) is 12.4. The Morgan fingerprint density at radius 3 is 2.00 bits per heavy atom. The molecule has 0 aromatic rings. The van der Waals surface area contributed by atoms with Gasteiger partial charge in [-0.15, -0.1) is 0 Å². The van der Waals surface area contributed by atoms with E-state index in [1.54, 1.807) is 14.2 Å². The molecular weight excluding hydrogens is 388 g/mol. The van der Waals surface area contributed by atoms with Crippen molar-refractivity contribution in [1.29, 1.82) is 0 Å². The standard InChI is InChI=1S/C26H46N2O3/c1-7-14-26(15-8-2)22(30-5)20-25(21-23(26)31-6)16-19-28(24(25)29)18-13-11-9-10-12-17-27(3)4/h20-21H,7-19H2,1-6H3. The summed E-state index contributed by atoms with van der Waals surface area (Å²) in [7, 11) is 7.74. The molecule has 0 aromatic heterocycles. The lowest BCUT2D eigenvalue weighted by Gasteiger charge is -2.41. The third-order valence-corrected chi connectivity index (χ3v) is 7.03. The van der Waals surface area contributed by atoms with Gasteiger partial charge in [-0.2, -0.15) is 0 Å². The molecular formula is C26H46N2O3. The van der Waals surface area contributed by atoms with Crippen LogP contribution in [0, 0.1) is 10.8 Å². The topological polar surface area (TPSA) is 42.0 Å². The molecule has 1 fully saturated rings. The van der Waals surface area contributed by atoms with E-state index in [4.69, 9.17) is 9.47 Å². The summed E-state index contributed by atoms with van der Waals surface area (Å²) in [5.41, 5.74) is -0.841. The minimum Gasteiger partial charge on any atom is -0.500 e. The maximum Gasteiger partial charge on any atom is 0.236 e. The Kier molecular flexibility index (Phi) is 9.92. The molecule has 178 valence electrons. The van der Waals surface area contributed by atoms with Crippen molar-refractivity contribution in [2.45, 2.75) is 78.1 Å². The van der Waals surface area contributed by atoms with Crippen LogP contribution >= 0.6 is 0 Å². The lowest BCUT2D eigenvalue weighted by molar-refractivity contribution is -0.132. The van der Waals surface area contributed by atoms with Crippen molar-refractivity contribution in [1.82, 2.24) is 9.80 Å². The highest BCUT2D eigenvalue weighted by molar-refractivity contribution is 5.89. The predicted octanol–water partition coefficient (Wildman–Crippen LogP) is 5.38. The van der Waals surface area contributed by atoms with Crippen LogP contribution in [0.2, 0.25) is 0 Å². The van der Waals surface area contributed by atoms with Crippen LogP contribution in [-0.2, 0) is 14.3 Å². The SMILES string of the molecule is CCCC1(CCC)C(OC)=CC2(C=C1OC)CCN(CCCCCCCN(C)C)C2=O. The molecule has 1 spiro atoms. The van der Waals surface area contributed by atoms with Crippen LogP contribution in [0.5, 0.6) is 0 Å². The number of rotatable bonds is 14. The summed E-state index contributed by atoms with van der Waals surface area (Å²) in [6, 6.07) is 0. The Labute approximate surface area is 190 Å². The first-order chi connectivity index (χ1) is 14.9. The Hall–Kier alpha value is -1.49. The number of carbonyl (C=O) groups is 1. The zero-order chi connectivity index (χ0) is 22.9. The van der Waals surface area contributed by atoms with Gasteiger partial charge >= 0.3 is 0 Å². The van der Waals surface area contributed by atoms with Crippen LogP contribution in [0.1, 0.15) is 78.1 Å². The maximum atomic E-state index is 13.5. The van der Waals surface area contributed by atoms with Gasteiger partial charge in [-0.25, -0.2) is 0 Å². The molecule has 31 heavy (non-hydrogen) atoms. The largest absolute Gasteiger partial charge is 0.500 e. The van der Waals surface area contributed by atoms with E-state index in [0.717, 1.165) is 69.7 Å². The molecule has 2 rings (SSSR count). The van der Waals surface area contributed by atoms with E-state index in [1.807, 2.05) is 0 Å². The van der Waals surface area contributed by atoms with Gasteiger partial charge in [-0.05, 0) is 64.9 Å². The lowest BCUT2D eigenvalue weighted by atomic mass is 9.67. The van der Waals surface area contributed by atoms with Crippen LogP contribution in [0.15, 0.2) is 23.7 Å². The fourth-order valence-corrected chi connectivity index (χ4v) is 5.45. The summed E-state index contributed by atoms with van der Waals surface area (Å²) in [5, 5.41) is 0. The van der Waals surface area contributed by atoms with Gasteiger partial charge in [0.15, 0.2) is 0 Å². The number of unbranched alkanes of at least 4 members (excludes halogenated alkanes) is 4. The highest BCUT2D eigenvalue weighted by Gasteiger charge is 2.52. The normalized spacial score (nSPS) is 19.7. The predicted molar refractivity (Wildman–Crippen MR) is 128 cm³/mol. The molecule has 0 saturated carbocycles. The Bertz CT molecular complexity index is 609. The fourth-order valence-electron chi connectivity index (χ4n) is 5.45. The van der Waals surface area contributed by atoms with Gasteiger partial charge in [-0.3, -0.25) is 4.79 Å². The van der Waals surface area contributed by atoms with Crippen LogP contribution in [-0.4, -0.2) is 63.7 Å². The van der Waals surface area contributed by atoms with Crippen molar-refractivity contribution in [2.24, 2.45) is 10.8 Å². The molecule has 5 nitrogen and oxygen atoms in total. The summed E-state index contributed by atoms with van der Waals surface area (Å²) in [4.78, 5) is 17.8. The first kappa shape index (κ1) is 25.8. The minimum atomic E-state index is -0.604. The van der Waals surface area contributed by atoms with E-state index in [2.05, 4.69) is 49.9 Å². The molecule has 5 heteroatoms. The smallest absolute Gasteiger partial charge is 0.236 e. The van der Waals surface area contributed by atoms with Gasteiger partial charge in [0.2, 0.25) is 5.91 Å². The molecule has 0 unspecified atom stereocenters. The molecule has 1 heterocycles. The van der Waals surface area contributed by atoms with Crippen molar-refractivity contribution in [3.8, 4) is 0 Å². The van der Waals surface area contributed by atoms with E-state index in [0.29, 0.717) is 0 Å².